The molecule has 0 amide bonds. The Kier molecular flexibility index (Phi) is 5.43. The maximum atomic E-state index is 11.9. The van der Waals surface area contributed by atoms with Crippen LogP contribution in [0, 0.1) is 0 Å². The quantitative estimate of drug-likeness (QED) is 0.657. The molecule has 0 aliphatic carbocycles. The monoisotopic (exact) mass is 454 g/mol. The van der Waals surface area contributed by atoms with Crippen molar-refractivity contribution < 1.29 is 9.53 Å². The summed E-state index contributed by atoms with van der Waals surface area (Å²) in [7, 11) is 0. The summed E-state index contributed by atoms with van der Waals surface area (Å²) in [6.45, 7) is -0.316. The predicted octanol–water partition coefficient (Wildman–Crippen LogP) is 3.89. The molecular formula is C12H6Br2Cl2N2O3. The molecule has 0 fully saturated rings. The van der Waals surface area contributed by atoms with Crippen LogP contribution in [0.15, 0.2) is 38.1 Å². The Bertz CT molecular complexity index is 765. The minimum atomic E-state index is -0.638. The van der Waals surface area contributed by atoms with Crippen LogP contribution in [0.5, 0.6) is 0 Å². The van der Waals surface area contributed by atoms with Gasteiger partial charge in [-0.15, -0.1) is 0 Å². The number of benzene rings is 1. The predicted molar refractivity (Wildman–Crippen MR) is 85.8 cm³/mol. The molecule has 0 unspecified atom stereocenters. The molecule has 1 heterocycles. The highest BCUT2D eigenvalue weighted by molar-refractivity contribution is 9.13. The first kappa shape index (κ1) is 16.5. The number of esters is 1. The SMILES string of the molecule is O=C(OCn1ncc(Br)c(Br)c1=O)c1ccc(Cl)c(Cl)c1. The first-order valence-corrected chi connectivity index (χ1v) is 7.77. The molecule has 1 aromatic heterocycles. The van der Waals surface area contributed by atoms with E-state index in [4.69, 9.17) is 27.9 Å². The molecule has 110 valence electrons. The first-order chi connectivity index (χ1) is 9.90. The summed E-state index contributed by atoms with van der Waals surface area (Å²) >= 11 is 17.8. The van der Waals surface area contributed by atoms with E-state index >= 15 is 0 Å². The average molecular weight is 457 g/mol. The lowest BCUT2D eigenvalue weighted by molar-refractivity contribution is 0.0339. The molecular weight excluding hydrogens is 451 g/mol. The van der Waals surface area contributed by atoms with Gasteiger partial charge in [0.25, 0.3) is 5.56 Å². The maximum absolute atomic E-state index is 11.9. The van der Waals surface area contributed by atoms with Crippen LogP contribution in [0.2, 0.25) is 10.0 Å². The highest BCUT2D eigenvalue weighted by Crippen LogP contribution is 2.23. The Balaban J connectivity index is 2.13. The van der Waals surface area contributed by atoms with Gasteiger partial charge in [0.1, 0.15) is 4.47 Å². The molecule has 0 bridgehead atoms. The Morgan fingerprint density at radius 2 is 2.00 bits per heavy atom. The van der Waals surface area contributed by atoms with Crippen LogP contribution in [0.3, 0.4) is 0 Å². The third-order valence-electron chi connectivity index (χ3n) is 2.42. The summed E-state index contributed by atoms with van der Waals surface area (Å²) in [6, 6.07) is 4.35. The lowest BCUT2D eigenvalue weighted by atomic mass is 10.2. The molecule has 0 saturated heterocycles. The van der Waals surface area contributed by atoms with Gasteiger partial charge in [0.05, 0.1) is 26.3 Å². The van der Waals surface area contributed by atoms with Gasteiger partial charge in [0, 0.05) is 0 Å². The van der Waals surface area contributed by atoms with Gasteiger partial charge in [-0.3, -0.25) is 4.79 Å². The molecule has 0 spiro atoms. The number of carbonyl (C=O) groups excluding carboxylic acids is 1. The number of hydrogen-bond donors (Lipinski definition) is 0. The smallest absolute Gasteiger partial charge is 0.339 e. The molecule has 0 saturated carbocycles. The van der Waals surface area contributed by atoms with Crippen molar-refractivity contribution in [3.63, 3.8) is 0 Å². The van der Waals surface area contributed by atoms with E-state index in [1.165, 1.54) is 24.4 Å². The van der Waals surface area contributed by atoms with Crippen LogP contribution in [0.4, 0.5) is 0 Å². The van der Waals surface area contributed by atoms with Crippen molar-refractivity contribution in [3.05, 3.63) is 59.3 Å². The van der Waals surface area contributed by atoms with Gasteiger partial charge in [0.2, 0.25) is 0 Å². The van der Waals surface area contributed by atoms with Crippen LogP contribution < -0.4 is 5.56 Å². The molecule has 0 aliphatic heterocycles. The Labute approximate surface area is 146 Å². The number of nitrogens with zero attached hydrogens (tertiary/aromatic N) is 2. The molecule has 1 aromatic carbocycles. The van der Waals surface area contributed by atoms with Gasteiger partial charge >= 0.3 is 5.97 Å². The third-order valence-corrected chi connectivity index (χ3v) is 5.05. The fourth-order valence-electron chi connectivity index (χ4n) is 1.36. The number of aromatic nitrogens is 2. The molecule has 9 heteroatoms. The summed E-state index contributed by atoms with van der Waals surface area (Å²) in [4.78, 5) is 23.7. The number of ether oxygens (including phenoxy) is 1. The van der Waals surface area contributed by atoms with Crippen molar-refractivity contribution in [3.8, 4) is 0 Å². The molecule has 2 rings (SSSR count). The van der Waals surface area contributed by atoms with Crippen LogP contribution in [0.25, 0.3) is 0 Å². The van der Waals surface area contributed by atoms with Gasteiger partial charge in [-0.25, -0.2) is 4.79 Å². The van der Waals surface area contributed by atoms with E-state index in [0.717, 1.165) is 4.68 Å². The Hall–Kier alpha value is -0.890. The highest BCUT2D eigenvalue weighted by atomic mass is 79.9. The summed E-state index contributed by atoms with van der Waals surface area (Å²) in [6.07, 6.45) is 1.42. The van der Waals surface area contributed by atoms with E-state index in [9.17, 15) is 9.59 Å². The highest BCUT2D eigenvalue weighted by Gasteiger charge is 2.12. The Morgan fingerprint density at radius 3 is 2.67 bits per heavy atom. The standard InChI is InChI=1S/C12H6Br2Cl2N2O3/c13-7-4-17-18(11(19)10(7)14)5-21-12(20)6-1-2-8(15)9(16)3-6/h1-4H,5H2. The molecule has 0 N–H and O–H groups in total. The lowest BCUT2D eigenvalue weighted by Gasteiger charge is -2.07. The maximum Gasteiger partial charge on any atom is 0.339 e. The minimum absolute atomic E-state index is 0.230. The largest absolute Gasteiger partial charge is 0.439 e. The summed E-state index contributed by atoms with van der Waals surface area (Å²) in [5.41, 5.74) is -0.195. The van der Waals surface area contributed by atoms with Gasteiger partial charge in [0.15, 0.2) is 6.73 Å². The average Bonchev–Trinajstić information content (AvgIpc) is 2.46. The van der Waals surface area contributed by atoms with Crippen molar-refractivity contribution in [1.29, 1.82) is 0 Å². The zero-order valence-electron chi connectivity index (χ0n) is 10.1. The van der Waals surface area contributed by atoms with Crippen molar-refractivity contribution in [1.82, 2.24) is 9.78 Å². The topological polar surface area (TPSA) is 61.2 Å². The van der Waals surface area contributed by atoms with E-state index in [1.807, 2.05) is 0 Å². The number of hydrogen-bond acceptors (Lipinski definition) is 4. The van der Waals surface area contributed by atoms with Gasteiger partial charge in [-0.05, 0) is 50.1 Å². The van der Waals surface area contributed by atoms with Gasteiger partial charge < -0.3 is 4.74 Å². The fraction of sp³-hybridized carbons (Fsp3) is 0.0833. The summed E-state index contributed by atoms with van der Waals surface area (Å²) in [5, 5.41) is 4.42. The molecule has 2 aromatic rings. The van der Waals surface area contributed by atoms with Crippen molar-refractivity contribution in [2.75, 3.05) is 0 Å². The van der Waals surface area contributed by atoms with Gasteiger partial charge in [-0.1, -0.05) is 23.2 Å². The van der Waals surface area contributed by atoms with Crippen molar-refractivity contribution in [2.45, 2.75) is 6.73 Å². The molecule has 21 heavy (non-hydrogen) atoms. The number of halogens is 4. The minimum Gasteiger partial charge on any atom is -0.439 e. The molecule has 0 radical (unpaired) electrons. The fourth-order valence-corrected chi connectivity index (χ4v) is 2.23. The molecule has 0 atom stereocenters. The first-order valence-electron chi connectivity index (χ1n) is 5.43. The second-order valence-corrected chi connectivity index (χ2v) is 6.26. The van der Waals surface area contributed by atoms with Crippen LogP contribution in [0.1, 0.15) is 10.4 Å². The van der Waals surface area contributed by atoms with Crippen molar-refractivity contribution >= 4 is 61.0 Å². The van der Waals surface area contributed by atoms with Crippen LogP contribution in [-0.2, 0) is 11.5 Å². The van der Waals surface area contributed by atoms with Crippen LogP contribution in [-0.4, -0.2) is 15.7 Å². The van der Waals surface area contributed by atoms with E-state index in [1.54, 1.807) is 0 Å². The second-order valence-electron chi connectivity index (χ2n) is 3.80. The van der Waals surface area contributed by atoms with Crippen molar-refractivity contribution in [2.24, 2.45) is 0 Å². The third kappa shape index (κ3) is 3.85. The number of rotatable bonds is 3. The summed E-state index contributed by atoms with van der Waals surface area (Å²) < 4.78 is 6.82. The van der Waals surface area contributed by atoms with E-state index in [-0.39, 0.29) is 17.3 Å². The zero-order chi connectivity index (χ0) is 15.6. The summed E-state index contributed by atoms with van der Waals surface area (Å²) in [5.74, 6) is -0.638. The lowest BCUT2D eigenvalue weighted by Crippen LogP contribution is -2.26. The number of carbonyl (C=O) groups is 1. The molecule has 0 aliphatic rings. The van der Waals surface area contributed by atoms with E-state index in [0.29, 0.717) is 14.0 Å². The van der Waals surface area contributed by atoms with E-state index in [2.05, 4.69) is 37.0 Å². The van der Waals surface area contributed by atoms with Crippen LogP contribution >= 0.6 is 55.1 Å². The molecule has 5 nitrogen and oxygen atoms in total. The second kappa shape index (κ2) is 6.91. The normalized spacial score (nSPS) is 10.5. The van der Waals surface area contributed by atoms with Gasteiger partial charge in [-0.2, -0.15) is 9.78 Å². The zero-order valence-corrected chi connectivity index (χ0v) is 14.8. The van der Waals surface area contributed by atoms with E-state index < -0.39 is 11.5 Å². The Morgan fingerprint density at radius 1 is 1.29 bits per heavy atom.